The maximum absolute atomic E-state index is 6.03. The normalized spacial score (nSPS) is 19.1. The zero-order chi connectivity index (χ0) is 21.8. The summed E-state index contributed by atoms with van der Waals surface area (Å²) in [6.45, 7) is 2.01. The monoisotopic (exact) mass is 439 g/mol. The van der Waals surface area contributed by atoms with Gasteiger partial charge in [0.05, 0.1) is 11.8 Å². The van der Waals surface area contributed by atoms with Crippen molar-refractivity contribution < 1.29 is 0 Å². The second-order valence-electron chi connectivity index (χ2n) is 8.79. The molecular weight excluding hydrogens is 410 g/mol. The number of piperidine rings is 1. The van der Waals surface area contributed by atoms with Gasteiger partial charge in [0.25, 0.3) is 0 Å². The molecule has 0 aromatic heterocycles. The number of thiocarbonyl (C=S) groups is 1. The van der Waals surface area contributed by atoms with Crippen LogP contribution in [0.1, 0.15) is 42.0 Å². The minimum absolute atomic E-state index is 0.154. The lowest BCUT2D eigenvalue weighted by molar-refractivity contribution is 0.230. The van der Waals surface area contributed by atoms with Gasteiger partial charge in [0.15, 0.2) is 5.11 Å². The molecule has 0 aliphatic carbocycles. The van der Waals surface area contributed by atoms with Gasteiger partial charge in [-0.2, -0.15) is 5.10 Å². The van der Waals surface area contributed by atoms with Crippen LogP contribution < -0.4 is 0 Å². The summed E-state index contributed by atoms with van der Waals surface area (Å²) in [6, 6.07) is 32.1. The average Bonchev–Trinajstić information content (AvgIpc) is 3.31. The van der Waals surface area contributed by atoms with E-state index in [1.54, 1.807) is 0 Å². The molecule has 3 nitrogen and oxygen atoms in total. The minimum Gasteiger partial charge on any atom is -0.348 e. The van der Waals surface area contributed by atoms with Crippen LogP contribution in [-0.4, -0.2) is 33.8 Å². The standard InChI is InChI=1S/C28H29N3S/c32-28(30-18-16-23(17-19-30)20-22-10-4-1-5-11-22)31-27(25-14-8-3-9-15-25)21-26(29-31)24-12-6-2-7-13-24/h1-15,23,27H,16-21H2. The van der Waals surface area contributed by atoms with Crippen LogP contribution in [0.25, 0.3) is 0 Å². The molecule has 0 N–H and O–H groups in total. The van der Waals surface area contributed by atoms with Crippen molar-refractivity contribution in [3.05, 3.63) is 108 Å². The van der Waals surface area contributed by atoms with E-state index < -0.39 is 0 Å². The van der Waals surface area contributed by atoms with Gasteiger partial charge in [0.2, 0.25) is 0 Å². The second-order valence-corrected chi connectivity index (χ2v) is 9.16. The molecule has 2 aliphatic rings. The molecule has 3 aromatic carbocycles. The Labute approximate surface area is 196 Å². The van der Waals surface area contributed by atoms with Crippen LogP contribution >= 0.6 is 12.2 Å². The molecule has 1 unspecified atom stereocenters. The third kappa shape index (κ3) is 4.61. The van der Waals surface area contributed by atoms with E-state index >= 15 is 0 Å². The van der Waals surface area contributed by atoms with Gasteiger partial charge in [-0.1, -0.05) is 91.0 Å². The molecule has 4 heteroatoms. The summed E-state index contributed by atoms with van der Waals surface area (Å²) in [5, 5.41) is 8.01. The predicted octanol–water partition coefficient (Wildman–Crippen LogP) is 6.08. The Morgan fingerprint density at radius 2 is 1.41 bits per heavy atom. The molecule has 2 heterocycles. The van der Waals surface area contributed by atoms with E-state index in [2.05, 4.69) is 101 Å². The number of rotatable bonds is 4. The molecule has 0 amide bonds. The third-order valence-electron chi connectivity index (χ3n) is 6.65. The van der Waals surface area contributed by atoms with Crippen LogP contribution in [0.4, 0.5) is 0 Å². The van der Waals surface area contributed by atoms with Gasteiger partial charge >= 0.3 is 0 Å². The van der Waals surface area contributed by atoms with E-state index in [0.29, 0.717) is 0 Å². The molecule has 0 saturated carbocycles. The SMILES string of the molecule is S=C(N1CCC(Cc2ccccc2)CC1)N1N=C(c2ccccc2)CC1c1ccccc1. The molecule has 3 aromatic rings. The van der Waals surface area contributed by atoms with Crippen LogP contribution in [0.2, 0.25) is 0 Å². The van der Waals surface area contributed by atoms with Crippen molar-refractivity contribution in [3.63, 3.8) is 0 Å². The first kappa shape index (κ1) is 20.9. The lowest BCUT2D eigenvalue weighted by Gasteiger charge is -2.37. The van der Waals surface area contributed by atoms with Crippen LogP contribution in [0, 0.1) is 5.92 Å². The Morgan fingerprint density at radius 3 is 2.06 bits per heavy atom. The van der Waals surface area contributed by atoms with E-state index in [0.717, 1.165) is 42.7 Å². The molecule has 1 saturated heterocycles. The molecule has 1 atom stereocenters. The Balaban J connectivity index is 1.31. The van der Waals surface area contributed by atoms with E-state index in [4.69, 9.17) is 17.3 Å². The first-order chi connectivity index (χ1) is 15.8. The first-order valence-corrected chi connectivity index (χ1v) is 12.0. The van der Waals surface area contributed by atoms with Crippen molar-refractivity contribution in [1.29, 1.82) is 0 Å². The van der Waals surface area contributed by atoms with Crippen LogP contribution in [0.3, 0.4) is 0 Å². The van der Waals surface area contributed by atoms with Crippen molar-refractivity contribution in [2.75, 3.05) is 13.1 Å². The van der Waals surface area contributed by atoms with Crippen LogP contribution in [-0.2, 0) is 6.42 Å². The summed E-state index contributed by atoms with van der Waals surface area (Å²) >= 11 is 6.03. The highest BCUT2D eigenvalue weighted by atomic mass is 32.1. The lowest BCUT2D eigenvalue weighted by Crippen LogP contribution is -2.45. The van der Waals surface area contributed by atoms with Crippen molar-refractivity contribution in [1.82, 2.24) is 9.91 Å². The maximum Gasteiger partial charge on any atom is 0.192 e. The summed E-state index contributed by atoms with van der Waals surface area (Å²) in [7, 11) is 0. The van der Waals surface area contributed by atoms with E-state index in [-0.39, 0.29) is 6.04 Å². The van der Waals surface area contributed by atoms with Gasteiger partial charge in [0.1, 0.15) is 0 Å². The Bertz CT molecular complexity index is 1060. The minimum atomic E-state index is 0.154. The molecule has 32 heavy (non-hydrogen) atoms. The van der Waals surface area contributed by atoms with Gasteiger partial charge in [-0.25, -0.2) is 5.01 Å². The Hall–Kier alpha value is -2.98. The molecular formula is C28H29N3S. The molecule has 0 radical (unpaired) electrons. The summed E-state index contributed by atoms with van der Waals surface area (Å²) in [4.78, 5) is 2.37. The third-order valence-corrected chi connectivity index (χ3v) is 7.10. The van der Waals surface area contributed by atoms with Crippen LogP contribution in [0.15, 0.2) is 96.1 Å². The summed E-state index contributed by atoms with van der Waals surface area (Å²) in [5.41, 5.74) is 5.00. The van der Waals surface area contributed by atoms with Crippen molar-refractivity contribution in [2.24, 2.45) is 11.0 Å². The fraction of sp³-hybridized carbons (Fsp3) is 0.286. The van der Waals surface area contributed by atoms with E-state index in [9.17, 15) is 0 Å². The quantitative estimate of drug-likeness (QED) is 0.459. The fourth-order valence-corrected chi connectivity index (χ4v) is 5.20. The molecule has 2 aliphatic heterocycles. The predicted molar refractivity (Wildman–Crippen MR) is 136 cm³/mol. The number of likely N-dealkylation sites (tertiary alicyclic amines) is 1. The zero-order valence-electron chi connectivity index (χ0n) is 18.3. The molecule has 162 valence electrons. The van der Waals surface area contributed by atoms with Crippen LogP contribution in [0.5, 0.6) is 0 Å². The van der Waals surface area contributed by atoms with Gasteiger partial charge in [0, 0.05) is 19.5 Å². The van der Waals surface area contributed by atoms with E-state index in [1.807, 2.05) is 0 Å². The van der Waals surface area contributed by atoms with Crippen molar-refractivity contribution in [3.8, 4) is 0 Å². The zero-order valence-corrected chi connectivity index (χ0v) is 19.1. The molecule has 0 spiro atoms. The highest BCUT2D eigenvalue weighted by Crippen LogP contribution is 2.34. The average molecular weight is 440 g/mol. The highest BCUT2D eigenvalue weighted by Gasteiger charge is 2.34. The number of hydrogen-bond acceptors (Lipinski definition) is 2. The second kappa shape index (κ2) is 9.66. The Morgan fingerprint density at radius 1 is 0.812 bits per heavy atom. The van der Waals surface area contributed by atoms with Gasteiger partial charge in [-0.3, -0.25) is 0 Å². The topological polar surface area (TPSA) is 18.8 Å². The fourth-order valence-electron chi connectivity index (χ4n) is 4.85. The summed E-state index contributed by atoms with van der Waals surface area (Å²) < 4.78 is 0. The van der Waals surface area contributed by atoms with Gasteiger partial charge in [-0.05, 0) is 54.1 Å². The highest BCUT2D eigenvalue weighted by molar-refractivity contribution is 7.80. The number of hydrogen-bond donors (Lipinski definition) is 0. The largest absolute Gasteiger partial charge is 0.348 e. The smallest absolute Gasteiger partial charge is 0.192 e. The van der Waals surface area contributed by atoms with Gasteiger partial charge < -0.3 is 4.90 Å². The molecule has 1 fully saturated rings. The summed E-state index contributed by atoms with van der Waals surface area (Å²) in [6.07, 6.45) is 4.38. The van der Waals surface area contributed by atoms with E-state index in [1.165, 1.54) is 29.5 Å². The lowest BCUT2D eigenvalue weighted by atomic mass is 9.90. The maximum atomic E-state index is 6.03. The molecule has 0 bridgehead atoms. The van der Waals surface area contributed by atoms with Crippen molar-refractivity contribution in [2.45, 2.75) is 31.7 Å². The molecule has 5 rings (SSSR count). The first-order valence-electron chi connectivity index (χ1n) is 11.6. The summed E-state index contributed by atoms with van der Waals surface area (Å²) in [5.74, 6) is 0.725. The van der Waals surface area contributed by atoms with Gasteiger partial charge in [-0.15, -0.1) is 0 Å². The van der Waals surface area contributed by atoms with Crippen molar-refractivity contribution >= 4 is 23.0 Å². The number of hydrazone groups is 1. The number of benzene rings is 3. The number of nitrogens with zero attached hydrogens (tertiary/aromatic N) is 3. The Kier molecular flexibility index (Phi) is 6.31.